The lowest BCUT2D eigenvalue weighted by molar-refractivity contribution is 0.125. The summed E-state index contributed by atoms with van der Waals surface area (Å²) in [5.41, 5.74) is 2.64. The van der Waals surface area contributed by atoms with Crippen LogP contribution in [-0.4, -0.2) is 56.5 Å². The molecule has 1 saturated heterocycles. The molecule has 164 valence electrons. The van der Waals surface area contributed by atoms with Gasteiger partial charge in [-0.25, -0.2) is 0 Å². The van der Waals surface area contributed by atoms with Crippen LogP contribution in [0, 0.1) is 5.92 Å². The van der Waals surface area contributed by atoms with Crippen molar-refractivity contribution in [1.82, 2.24) is 20.4 Å². The van der Waals surface area contributed by atoms with E-state index in [-0.39, 0.29) is 0 Å². The van der Waals surface area contributed by atoms with Crippen LogP contribution in [0.15, 0.2) is 46.8 Å². The number of hydrogen-bond donors (Lipinski definition) is 2. The van der Waals surface area contributed by atoms with Crippen molar-refractivity contribution in [2.24, 2.45) is 10.9 Å². The summed E-state index contributed by atoms with van der Waals surface area (Å²) in [4.78, 5) is 10.8. The molecule has 6 heteroatoms. The second-order valence-electron chi connectivity index (χ2n) is 8.30. The number of benzene rings is 1. The van der Waals surface area contributed by atoms with Crippen molar-refractivity contribution >= 4 is 17.3 Å². The molecule has 1 fully saturated rings. The molecule has 2 unspecified atom stereocenters. The molecule has 0 aliphatic carbocycles. The molecular formula is C24H37N5S. The van der Waals surface area contributed by atoms with Crippen LogP contribution in [0.1, 0.15) is 41.8 Å². The summed E-state index contributed by atoms with van der Waals surface area (Å²) in [5, 5.41) is 9.27. The van der Waals surface area contributed by atoms with Gasteiger partial charge in [0.15, 0.2) is 5.96 Å². The lowest BCUT2D eigenvalue weighted by Crippen LogP contribution is -2.44. The standard InChI is InChI=1S/C24H37N5S/c1-5-28(3)18-20-10-6-9-19(15-20)16-26-24(25-2)27-17-21-11-7-13-29(4)23(21)22-12-8-14-30-22/h6,8-10,12,14-15,21,23H,5,7,11,13,16-18H2,1-4H3,(H2,25,26,27). The lowest BCUT2D eigenvalue weighted by atomic mass is 9.88. The molecule has 1 aliphatic rings. The quantitative estimate of drug-likeness (QED) is 0.495. The van der Waals surface area contributed by atoms with E-state index in [4.69, 9.17) is 0 Å². The van der Waals surface area contributed by atoms with Crippen molar-refractivity contribution in [3.8, 4) is 0 Å². The number of nitrogens with one attached hydrogen (secondary N) is 2. The van der Waals surface area contributed by atoms with Gasteiger partial charge in [0.1, 0.15) is 0 Å². The Bertz CT molecular complexity index is 789. The highest BCUT2D eigenvalue weighted by molar-refractivity contribution is 7.10. The van der Waals surface area contributed by atoms with Crippen LogP contribution < -0.4 is 10.6 Å². The summed E-state index contributed by atoms with van der Waals surface area (Å²) in [5.74, 6) is 1.47. The zero-order chi connectivity index (χ0) is 21.3. The van der Waals surface area contributed by atoms with Crippen LogP contribution in [0.3, 0.4) is 0 Å². The Kier molecular flexibility index (Phi) is 8.73. The van der Waals surface area contributed by atoms with Gasteiger partial charge in [-0.15, -0.1) is 11.3 Å². The van der Waals surface area contributed by atoms with Gasteiger partial charge in [0, 0.05) is 37.6 Å². The molecule has 2 atom stereocenters. The Morgan fingerprint density at radius 3 is 2.80 bits per heavy atom. The fourth-order valence-corrected chi connectivity index (χ4v) is 5.26. The predicted octanol–water partition coefficient (Wildman–Crippen LogP) is 3.95. The molecular weight excluding hydrogens is 390 g/mol. The van der Waals surface area contributed by atoms with Gasteiger partial charge in [0.25, 0.3) is 0 Å². The first-order chi connectivity index (χ1) is 14.6. The summed E-state index contributed by atoms with van der Waals surface area (Å²) >= 11 is 1.87. The average Bonchev–Trinajstić information content (AvgIpc) is 3.28. The number of nitrogens with zero attached hydrogens (tertiary/aromatic N) is 3. The first-order valence-electron chi connectivity index (χ1n) is 11.0. The van der Waals surface area contributed by atoms with E-state index in [1.165, 1.54) is 35.4 Å². The van der Waals surface area contributed by atoms with E-state index >= 15 is 0 Å². The van der Waals surface area contributed by atoms with Crippen molar-refractivity contribution in [2.75, 3.05) is 40.8 Å². The van der Waals surface area contributed by atoms with E-state index in [2.05, 4.69) is 88.2 Å². The lowest BCUT2D eigenvalue weighted by Gasteiger charge is -2.39. The Labute approximate surface area is 186 Å². The molecule has 2 aromatic rings. The third-order valence-corrected chi connectivity index (χ3v) is 6.98. The van der Waals surface area contributed by atoms with E-state index in [0.717, 1.165) is 32.1 Å². The highest BCUT2D eigenvalue weighted by Gasteiger charge is 2.31. The van der Waals surface area contributed by atoms with Gasteiger partial charge >= 0.3 is 0 Å². The summed E-state index contributed by atoms with van der Waals surface area (Å²) in [7, 11) is 6.27. The molecule has 2 heterocycles. The number of rotatable bonds is 8. The number of guanidine groups is 1. The molecule has 2 N–H and O–H groups in total. The van der Waals surface area contributed by atoms with Crippen molar-refractivity contribution in [3.63, 3.8) is 0 Å². The minimum absolute atomic E-state index is 0.497. The summed E-state index contributed by atoms with van der Waals surface area (Å²) in [6.07, 6.45) is 2.51. The van der Waals surface area contributed by atoms with E-state index < -0.39 is 0 Å². The second-order valence-corrected chi connectivity index (χ2v) is 9.28. The predicted molar refractivity (Wildman–Crippen MR) is 129 cm³/mol. The normalized spacial score (nSPS) is 20.5. The maximum Gasteiger partial charge on any atom is 0.191 e. The van der Waals surface area contributed by atoms with E-state index in [1.807, 2.05) is 18.4 Å². The van der Waals surface area contributed by atoms with Crippen LogP contribution in [-0.2, 0) is 13.1 Å². The minimum Gasteiger partial charge on any atom is -0.356 e. The number of piperidine rings is 1. The van der Waals surface area contributed by atoms with Gasteiger partial charge in [-0.05, 0) is 68.5 Å². The van der Waals surface area contributed by atoms with Crippen molar-refractivity contribution in [1.29, 1.82) is 0 Å². The van der Waals surface area contributed by atoms with Crippen LogP contribution in [0.4, 0.5) is 0 Å². The van der Waals surface area contributed by atoms with Crippen molar-refractivity contribution < 1.29 is 0 Å². The first-order valence-corrected chi connectivity index (χ1v) is 11.9. The first kappa shape index (κ1) is 22.8. The molecule has 0 spiro atoms. The smallest absolute Gasteiger partial charge is 0.191 e. The number of likely N-dealkylation sites (tertiary alicyclic amines) is 1. The van der Waals surface area contributed by atoms with Gasteiger partial charge in [-0.3, -0.25) is 9.89 Å². The van der Waals surface area contributed by atoms with Crippen LogP contribution in [0.2, 0.25) is 0 Å². The van der Waals surface area contributed by atoms with Crippen LogP contribution in [0.5, 0.6) is 0 Å². The molecule has 0 bridgehead atoms. The van der Waals surface area contributed by atoms with Gasteiger partial charge in [0.05, 0.1) is 0 Å². The SMILES string of the molecule is CCN(C)Cc1cccc(CNC(=NC)NCC2CCCN(C)C2c2cccs2)c1. The molecule has 30 heavy (non-hydrogen) atoms. The average molecular weight is 428 g/mol. The monoisotopic (exact) mass is 427 g/mol. The highest BCUT2D eigenvalue weighted by atomic mass is 32.1. The van der Waals surface area contributed by atoms with E-state index in [9.17, 15) is 0 Å². The second kappa shape index (κ2) is 11.5. The topological polar surface area (TPSA) is 42.9 Å². The minimum atomic E-state index is 0.497. The van der Waals surface area contributed by atoms with Gasteiger partial charge < -0.3 is 15.5 Å². The molecule has 0 radical (unpaired) electrons. The third-order valence-electron chi connectivity index (χ3n) is 6.04. The van der Waals surface area contributed by atoms with Gasteiger partial charge in [0.2, 0.25) is 0 Å². The molecule has 3 rings (SSSR count). The largest absolute Gasteiger partial charge is 0.356 e. The maximum absolute atomic E-state index is 4.45. The Balaban J connectivity index is 1.54. The summed E-state index contributed by atoms with van der Waals surface area (Å²) < 4.78 is 0. The molecule has 5 nitrogen and oxygen atoms in total. The number of thiophene rings is 1. The zero-order valence-electron chi connectivity index (χ0n) is 18.9. The number of hydrogen-bond acceptors (Lipinski definition) is 4. The summed E-state index contributed by atoms with van der Waals surface area (Å²) in [6, 6.07) is 13.8. The molecule has 1 aliphatic heterocycles. The Hall–Kier alpha value is -1.89. The van der Waals surface area contributed by atoms with Gasteiger partial charge in [-0.2, -0.15) is 0 Å². The number of aliphatic imine (C=N–C) groups is 1. The van der Waals surface area contributed by atoms with Crippen molar-refractivity contribution in [3.05, 3.63) is 57.8 Å². The van der Waals surface area contributed by atoms with Crippen LogP contribution in [0.25, 0.3) is 0 Å². The molecule has 1 aromatic heterocycles. The molecule has 0 saturated carbocycles. The fraction of sp³-hybridized carbons (Fsp3) is 0.542. The van der Waals surface area contributed by atoms with E-state index in [1.54, 1.807) is 0 Å². The molecule has 1 aromatic carbocycles. The highest BCUT2D eigenvalue weighted by Crippen LogP contribution is 2.36. The van der Waals surface area contributed by atoms with Crippen molar-refractivity contribution in [2.45, 2.75) is 38.9 Å². The Morgan fingerprint density at radius 2 is 2.07 bits per heavy atom. The van der Waals surface area contributed by atoms with Gasteiger partial charge in [-0.1, -0.05) is 37.3 Å². The zero-order valence-corrected chi connectivity index (χ0v) is 19.7. The van der Waals surface area contributed by atoms with Crippen LogP contribution >= 0.6 is 11.3 Å². The summed E-state index contributed by atoms with van der Waals surface area (Å²) in [6.45, 7) is 7.12. The van der Waals surface area contributed by atoms with E-state index in [0.29, 0.717) is 12.0 Å². The molecule has 0 amide bonds. The maximum atomic E-state index is 4.45. The fourth-order valence-electron chi connectivity index (χ4n) is 4.28. The third kappa shape index (κ3) is 6.30. The Morgan fingerprint density at radius 1 is 1.23 bits per heavy atom.